The number of aliphatic hydroxyl groups is 1. The molecule has 2 aromatic rings. The zero-order valence-corrected chi connectivity index (χ0v) is 12.9. The monoisotopic (exact) mass is 289 g/mol. The summed E-state index contributed by atoms with van der Waals surface area (Å²) in [5.41, 5.74) is 3.32. The minimum absolute atomic E-state index is 0.0919. The van der Waals surface area contributed by atoms with Gasteiger partial charge in [0.1, 0.15) is 6.61 Å². The Morgan fingerprint density at radius 2 is 2.25 bits per heavy atom. The van der Waals surface area contributed by atoms with Crippen molar-refractivity contribution in [1.29, 1.82) is 0 Å². The minimum atomic E-state index is -0.0919. The topological polar surface area (TPSA) is 41.3 Å². The van der Waals surface area contributed by atoms with Crippen molar-refractivity contribution in [3.63, 3.8) is 0 Å². The first-order chi connectivity index (χ1) is 9.58. The van der Waals surface area contributed by atoms with Crippen LogP contribution >= 0.6 is 11.3 Å². The van der Waals surface area contributed by atoms with Crippen molar-refractivity contribution in [3.05, 3.63) is 39.3 Å². The molecule has 2 heterocycles. The number of rotatable bonds is 4. The minimum Gasteiger partial charge on any atom is -0.384 e. The first-order valence-electron chi connectivity index (χ1n) is 6.43. The molecule has 0 bridgehead atoms. The molecule has 5 heteroatoms. The molecule has 4 nitrogen and oxygen atoms in total. The Kier molecular flexibility index (Phi) is 4.96. The Bertz CT molecular complexity index is 633. The van der Waals surface area contributed by atoms with Crippen molar-refractivity contribution < 1.29 is 5.11 Å². The first kappa shape index (κ1) is 14.8. The number of hydrogen-bond acceptors (Lipinski definition) is 4. The van der Waals surface area contributed by atoms with E-state index in [1.807, 2.05) is 24.0 Å². The van der Waals surface area contributed by atoms with E-state index in [0.717, 1.165) is 24.3 Å². The molecule has 0 amide bonds. The van der Waals surface area contributed by atoms with Crippen LogP contribution in [0.1, 0.15) is 21.7 Å². The van der Waals surface area contributed by atoms with Gasteiger partial charge in [-0.2, -0.15) is 5.10 Å². The van der Waals surface area contributed by atoms with E-state index in [1.165, 1.54) is 10.4 Å². The standard InChI is InChI=1S/C15H19N3OS/c1-12-14(9-18(3)16-12)8-17(2)10-15-7-13(11-20-15)5-4-6-19/h7,9,11,19H,6,8,10H2,1-3H3. The van der Waals surface area contributed by atoms with Gasteiger partial charge >= 0.3 is 0 Å². The van der Waals surface area contributed by atoms with Gasteiger partial charge in [0.25, 0.3) is 0 Å². The van der Waals surface area contributed by atoms with E-state index < -0.39 is 0 Å². The van der Waals surface area contributed by atoms with Crippen LogP contribution in [-0.4, -0.2) is 33.4 Å². The molecule has 0 atom stereocenters. The van der Waals surface area contributed by atoms with Gasteiger partial charge < -0.3 is 5.11 Å². The second-order valence-corrected chi connectivity index (χ2v) is 5.84. The molecule has 0 aliphatic rings. The highest BCUT2D eigenvalue weighted by Crippen LogP contribution is 2.17. The highest BCUT2D eigenvalue weighted by atomic mass is 32.1. The van der Waals surface area contributed by atoms with Gasteiger partial charge in [-0.1, -0.05) is 11.8 Å². The van der Waals surface area contributed by atoms with E-state index >= 15 is 0 Å². The number of aromatic nitrogens is 2. The van der Waals surface area contributed by atoms with Crippen molar-refractivity contribution >= 4 is 11.3 Å². The third-order valence-electron chi connectivity index (χ3n) is 2.95. The van der Waals surface area contributed by atoms with Gasteiger partial charge in [-0.3, -0.25) is 9.58 Å². The average molecular weight is 289 g/mol. The normalized spacial score (nSPS) is 10.7. The van der Waals surface area contributed by atoms with Crippen LogP contribution in [0.15, 0.2) is 17.6 Å². The molecule has 0 fully saturated rings. The van der Waals surface area contributed by atoms with Crippen LogP contribution in [0.25, 0.3) is 0 Å². The average Bonchev–Trinajstić information content (AvgIpc) is 2.94. The van der Waals surface area contributed by atoms with Gasteiger partial charge in [0.2, 0.25) is 0 Å². The SMILES string of the molecule is Cc1nn(C)cc1CN(C)Cc1cc(C#CCO)cs1. The maximum atomic E-state index is 8.69. The van der Waals surface area contributed by atoms with Gasteiger partial charge in [-0.05, 0) is 20.0 Å². The third kappa shape index (κ3) is 3.94. The maximum Gasteiger partial charge on any atom is 0.104 e. The quantitative estimate of drug-likeness (QED) is 0.872. The molecule has 0 unspecified atom stereocenters. The highest BCUT2D eigenvalue weighted by Gasteiger charge is 2.08. The van der Waals surface area contributed by atoms with Crippen molar-refractivity contribution in [2.45, 2.75) is 20.0 Å². The number of aryl methyl sites for hydroxylation is 2. The molecule has 0 saturated carbocycles. The Balaban J connectivity index is 1.96. The molecule has 2 rings (SSSR count). The van der Waals surface area contributed by atoms with Crippen LogP contribution < -0.4 is 0 Å². The fourth-order valence-corrected chi connectivity index (χ4v) is 2.98. The lowest BCUT2D eigenvalue weighted by Crippen LogP contribution is -2.16. The number of nitrogens with zero attached hydrogens (tertiary/aromatic N) is 3. The summed E-state index contributed by atoms with van der Waals surface area (Å²) in [6.07, 6.45) is 2.07. The van der Waals surface area contributed by atoms with E-state index in [-0.39, 0.29) is 6.61 Å². The summed E-state index contributed by atoms with van der Waals surface area (Å²) in [5, 5.41) is 15.1. The summed E-state index contributed by atoms with van der Waals surface area (Å²) >= 11 is 1.70. The smallest absolute Gasteiger partial charge is 0.104 e. The van der Waals surface area contributed by atoms with Crippen molar-refractivity contribution in [1.82, 2.24) is 14.7 Å². The lowest BCUT2D eigenvalue weighted by atomic mass is 10.2. The molecule has 2 aromatic heterocycles. The number of hydrogen-bond donors (Lipinski definition) is 1. The summed E-state index contributed by atoms with van der Waals surface area (Å²) in [6, 6.07) is 2.08. The van der Waals surface area contributed by atoms with Crippen LogP contribution in [0.4, 0.5) is 0 Å². The molecule has 0 radical (unpaired) electrons. The fourth-order valence-electron chi connectivity index (χ4n) is 2.09. The van der Waals surface area contributed by atoms with E-state index in [4.69, 9.17) is 5.11 Å². The van der Waals surface area contributed by atoms with E-state index in [9.17, 15) is 0 Å². The van der Waals surface area contributed by atoms with Gasteiger partial charge in [0, 0.05) is 47.7 Å². The van der Waals surface area contributed by atoms with Crippen molar-refractivity contribution in [2.75, 3.05) is 13.7 Å². The zero-order chi connectivity index (χ0) is 14.5. The summed E-state index contributed by atoms with van der Waals surface area (Å²) < 4.78 is 1.85. The number of thiophene rings is 1. The number of aliphatic hydroxyl groups excluding tert-OH is 1. The first-order valence-corrected chi connectivity index (χ1v) is 7.31. The summed E-state index contributed by atoms with van der Waals surface area (Å²) in [7, 11) is 4.05. The van der Waals surface area contributed by atoms with Gasteiger partial charge in [-0.25, -0.2) is 0 Å². The van der Waals surface area contributed by atoms with Gasteiger partial charge in [0.05, 0.1) is 5.69 Å². The molecular formula is C15H19N3OS. The lowest BCUT2D eigenvalue weighted by molar-refractivity contribution is 0.321. The second-order valence-electron chi connectivity index (χ2n) is 4.85. The Hall–Kier alpha value is -1.61. The maximum absolute atomic E-state index is 8.69. The fraction of sp³-hybridized carbons (Fsp3) is 0.400. The van der Waals surface area contributed by atoms with E-state index in [2.05, 4.69) is 41.2 Å². The molecule has 0 saturated heterocycles. The second kappa shape index (κ2) is 6.71. The molecule has 0 aliphatic heterocycles. The third-order valence-corrected chi connectivity index (χ3v) is 3.87. The van der Waals surface area contributed by atoms with E-state index in [0.29, 0.717) is 0 Å². The molecule has 0 spiro atoms. The van der Waals surface area contributed by atoms with Crippen molar-refractivity contribution in [3.8, 4) is 11.8 Å². The van der Waals surface area contributed by atoms with Crippen LogP contribution in [-0.2, 0) is 20.1 Å². The van der Waals surface area contributed by atoms with Crippen LogP contribution in [0.3, 0.4) is 0 Å². The van der Waals surface area contributed by atoms with Crippen LogP contribution in [0, 0.1) is 18.8 Å². The predicted octanol–water partition coefficient (Wildman–Crippen LogP) is 1.77. The summed E-state index contributed by atoms with van der Waals surface area (Å²) in [6.45, 7) is 3.72. The summed E-state index contributed by atoms with van der Waals surface area (Å²) in [5.74, 6) is 5.60. The zero-order valence-electron chi connectivity index (χ0n) is 12.1. The van der Waals surface area contributed by atoms with E-state index in [1.54, 1.807) is 11.3 Å². The van der Waals surface area contributed by atoms with Crippen LogP contribution in [0.5, 0.6) is 0 Å². The molecule has 0 aliphatic carbocycles. The molecule has 20 heavy (non-hydrogen) atoms. The van der Waals surface area contributed by atoms with Gasteiger partial charge in [0.15, 0.2) is 0 Å². The van der Waals surface area contributed by atoms with Gasteiger partial charge in [-0.15, -0.1) is 11.3 Å². The van der Waals surface area contributed by atoms with Crippen molar-refractivity contribution in [2.24, 2.45) is 7.05 Å². The van der Waals surface area contributed by atoms with Crippen LogP contribution in [0.2, 0.25) is 0 Å². The largest absolute Gasteiger partial charge is 0.384 e. The summed E-state index contributed by atoms with van der Waals surface area (Å²) in [4.78, 5) is 3.54. The molecule has 1 N–H and O–H groups in total. The molecule has 106 valence electrons. The molecular weight excluding hydrogens is 270 g/mol. The Labute approximate surface area is 123 Å². The highest BCUT2D eigenvalue weighted by molar-refractivity contribution is 7.10. The predicted molar refractivity (Wildman–Crippen MR) is 81.4 cm³/mol. The molecule has 0 aromatic carbocycles. The Morgan fingerprint density at radius 1 is 1.45 bits per heavy atom. The Morgan fingerprint density at radius 3 is 2.90 bits per heavy atom. The lowest BCUT2D eigenvalue weighted by Gasteiger charge is -2.14.